The number of carbonyl (C=O) groups is 4. The number of hydrogen-bond donors (Lipinski definition) is 2. The van der Waals surface area contributed by atoms with Gasteiger partial charge in [-0.15, -0.1) is 0 Å². The fraction of sp³-hybridized carbons (Fsp3) is 0.143. The average molecular weight is 462 g/mol. The molecule has 160 valence electrons. The number of halogens is 2. The van der Waals surface area contributed by atoms with E-state index in [4.69, 9.17) is 27.9 Å². The van der Waals surface area contributed by atoms with E-state index in [2.05, 4.69) is 10.6 Å². The number of benzene rings is 2. The van der Waals surface area contributed by atoms with Gasteiger partial charge in [-0.05, 0) is 48.9 Å². The molecule has 0 unspecified atom stereocenters. The second kappa shape index (κ2) is 9.63. The zero-order valence-corrected chi connectivity index (χ0v) is 17.8. The highest BCUT2D eigenvalue weighted by Gasteiger charge is 2.35. The van der Waals surface area contributed by atoms with Crippen molar-refractivity contribution in [3.8, 4) is 0 Å². The molecule has 4 amide bonds. The molecule has 1 aliphatic heterocycles. The lowest BCUT2D eigenvalue weighted by Crippen LogP contribution is -2.38. The number of rotatable bonds is 6. The molecule has 0 aliphatic carbocycles. The zero-order valence-electron chi connectivity index (χ0n) is 16.3. The first kappa shape index (κ1) is 22.3. The summed E-state index contributed by atoms with van der Waals surface area (Å²) in [6, 6.07) is 10.2. The van der Waals surface area contributed by atoms with Gasteiger partial charge in [0.2, 0.25) is 5.91 Å². The van der Waals surface area contributed by atoms with Crippen LogP contribution in [0.2, 0.25) is 10.0 Å². The molecular weight excluding hydrogens is 445 g/mol. The summed E-state index contributed by atoms with van der Waals surface area (Å²) in [5.74, 6) is -1.73. The lowest BCUT2D eigenvalue weighted by atomic mass is 10.2. The van der Waals surface area contributed by atoms with E-state index in [-0.39, 0.29) is 17.3 Å². The van der Waals surface area contributed by atoms with Crippen LogP contribution in [0, 0.1) is 0 Å². The van der Waals surface area contributed by atoms with E-state index in [9.17, 15) is 19.2 Å². The van der Waals surface area contributed by atoms with Gasteiger partial charge in [0.15, 0.2) is 0 Å². The summed E-state index contributed by atoms with van der Waals surface area (Å²) < 4.78 is 4.89. The van der Waals surface area contributed by atoms with Crippen LogP contribution in [0.5, 0.6) is 0 Å². The molecular formula is C21H17Cl2N3O5. The lowest BCUT2D eigenvalue weighted by Gasteiger charge is -2.12. The number of anilines is 1. The van der Waals surface area contributed by atoms with Gasteiger partial charge in [0, 0.05) is 5.69 Å². The topological polar surface area (TPSA) is 105 Å². The monoisotopic (exact) mass is 461 g/mol. The Kier molecular flexibility index (Phi) is 6.94. The molecule has 1 saturated heterocycles. The number of nitrogens with one attached hydrogen (secondary N) is 2. The summed E-state index contributed by atoms with van der Waals surface area (Å²) in [4.78, 5) is 49.5. The van der Waals surface area contributed by atoms with Crippen LogP contribution in [0.15, 0.2) is 48.2 Å². The van der Waals surface area contributed by atoms with Gasteiger partial charge >= 0.3 is 12.0 Å². The first-order valence-electron chi connectivity index (χ1n) is 9.15. The van der Waals surface area contributed by atoms with E-state index in [1.807, 2.05) is 0 Å². The second-order valence-corrected chi connectivity index (χ2v) is 7.15. The predicted molar refractivity (Wildman–Crippen MR) is 116 cm³/mol. The van der Waals surface area contributed by atoms with Crippen LogP contribution in [0.3, 0.4) is 0 Å². The Morgan fingerprint density at radius 2 is 1.84 bits per heavy atom. The Hall–Kier alpha value is -3.36. The molecule has 1 aliphatic rings. The van der Waals surface area contributed by atoms with E-state index in [1.165, 1.54) is 30.3 Å². The minimum atomic E-state index is -0.734. The highest BCUT2D eigenvalue weighted by molar-refractivity contribution is 6.43. The van der Waals surface area contributed by atoms with Gasteiger partial charge in [-0.25, -0.2) is 14.5 Å². The Labute approximate surface area is 187 Å². The van der Waals surface area contributed by atoms with Crippen LogP contribution in [0.1, 0.15) is 22.8 Å². The van der Waals surface area contributed by atoms with Crippen LogP contribution in [0.4, 0.5) is 10.5 Å². The summed E-state index contributed by atoms with van der Waals surface area (Å²) in [6.45, 7) is 1.46. The van der Waals surface area contributed by atoms with Gasteiger partial charge in [-0.3, -0.25) is 9.59 Å². The largest absolute Gasteiger partial charge is 0.462 e. The van der Waals surface area contributed by atoms with Crippen LogP contribution in [-0.4, -0.2) is 41.9 Å². The van der Waals surface area contributed by atoms with Gasteiger partial charge < -0.3 is 15.4 Å². The molecule has 0 bridgehead atoms. The molecule has 3 rings (SSSR count). The SMILES string of the molecule is CCOC(=O)c1ccc(NC(=O)CN2C(=O)N/C(=C\c3cccc(Cl)c3Cl)C2=O)cc1. The van der Waals surface area contributed by atoms with Crippen LogP contribution >= 0.6 is 23.2 Å². The third-order valence-electron chi connectivity index (χ3n) is 4.23. The van der Waals surface area contributed by atoms with Crippen LogP contribution in [0.25, 0.3) is 6.08 Å². The maximum absolute atomic E-state index is 12.6. The van der Waals surface area contributed by atoms with E-state index in [0.717, 1.165) is 4.90 Å². The van der Waals surface area contributed by atoms with Crippen molar-refractivity contribution in [3.63, 3.8) is 0 Å². The fourth-order valence-corrected chi connectivity index (χ4v) is 3.11. The van der Waals surface area contributed by atoms with Gasteiger partial charge in [0.1, 0.15) is 12.2 Å². The molecule has 0 spiro atoms. The van der Waals surface area contributed by atoms with Gasteiger partial charge in [-0.2, -0.15) is 0 Å². The van der Waals surface area contributed by atoms with Crippen molar-refractivity contribution in [1.29, 1.82) is 0 Å². The third kappa shape index (κ3) is 5.22. The smallest absolute Gasteiger partial charge is 0.338 e. The van der Waals surface area contributed by atoms with E-state index in [0.29, 0.717) is 21.8 Å². The number of hydrogen-bond acceptors (Lipinski definition) is 5. The second-order valence-electron chi connectivity index (χ2n) is 6.37. The Morgan fingerprint density at radius 1 is 1.13 bits per heavy atom. The van der Waals surface area contributed by atoms with Gasteiger partial charge in [0.25, 0.3) is 5.91 Å². The van der Waals surface area contributed by atoms with Crippen molar-refractivity contribution in [2.24, 2.45) is 0 Å². The molecule has 1 heterocycles. The van der Waals surface area contributed by atoms with E-state index in [1.54, 1.807) is 25.1 Å². The minimum Gasteiger partial charge on any atom is -0.462 e. The number of amides is 4. The van der Waals surface area contributed by atoms with Crippen molar-refractivity contribution in [2.75, 3.05) is 18.5 Å². The number of nitrogens with zero attached hydrogens (tertiary/aromatic N) is 1. The molecule has 0 aromatic heterocycles. The quantitative estimate of drug-likeness (QED) is 0.387. The summed E-state index contributed by atoms with van der Waals surface area (Å²) in [5.41, 5.74) is 1.15. The van der Waals surface area contributed by atoms with Crippen molar-refractivity contribution < 1.29 is 23.9 Å². The van der Waals surface area contributed by atoms with Gasteiger partial charge in [-0.1, -0.05) is 35.3 Å². The molecule has 2 N–H and O–H groups in total. The molecule has 0 saturated carbocycles. The number of urea groups is 1. The fourth-order valence-electron chi connectivity index (χ4n) is 2.75. The third-order valence-corrected chi connectivity index (χ3v) is 5.06. The molecule has 1 fully saturated rings. The molecule has 31 heavy (non-hydrogen) atoms. The summed E-state index contributed by atoms with van der Waals surface area (Å²) in [5, 5.41) is 5.52. The Morgan fingerprint density at radius 3 is 2.52 bits per heavy atom. The predicted octanol–water partition coefficient (Wildman–Crippen LogP) is 3.70. The maximum atomic E-state index is 12.6. The molecule has 10 heteroatoms. The number of esters is 1. The molecule has 8 nitrogen and oxygen atoms in total. The first-order valence-corrected chi connectivity index (χ1v) is 9.91. The first-order chi connectivity index (χ1) is 14.8. The highest BCUT2D eigenvalue weighted by atomic mass is 35.5. The van der Waals surface area contributed by atoms with Crippen molar-refractivity contribution >= 4 is 58.8 Å². The number of imide groups is 1. The maximum Gasteiger partial charge on any atom is 0.338 e. The van der Waals surface area contributed by atoms with Crippen molar-refractivity contribution in [2.45, 2.75) is 6.92 Å². The number of ether oxygens (including phenoxy) is 1. The standard InChI is InChI=1S/C21H17Cl2N3O5/c1-2-31-20(29)12-6-8-14(9-7-12)24-17(27)11-26-19(28)16(25-21(26)30)10-13-4-3-5-15(22)18(13)23/h3-10H,2,11H2,1H3,(H,24,27)(H,25,30)/b16-10-. The summed E-state index contributed by atoms with van der Waals surface area (Å²) in [7, 11) is 0. The Balaban J connectivity index is 1.66. The molecule has 0 radical (unpaired) electrons. The van der Waals surface area contributed by atoms with Gasteiger partial charge in [0.05, 0.1) is 22.2 Å². The van der Waals surface area contributed by atoms with Crippen LogP contribution in [-0.2, 0) is 14.3 Å². The summed E-state index contributed by atoms with van der Waals surface area (Å²) >= 11 is 12.1. The van der Waals surface area contributed by atoms with Crippen LogP contribution < -0.4 is 10.6 Å². The van der Waals surface area contributed by atoms with Crippen molar-refractivity contribution in [1.82, 2.24) is 10.2 Å². The lowest BCUT2D eigenvalue weighted by molar-refractivity contribution is -0.127. The average Bonchev–Trinajstić information content (AvgIpc) is 2.99. The molecule has 2 aromatic carbocycles. The molecule has 0 atom stereocenters. The highest BCUT2D eigenvalue weighted by Crippen LogP contribution is 2.27. The minimum absolute atomic E-state index is 0.0271. The van der Waals surface area contributed by atoms with E-state index < -0.39 is 30.4 Å². The number of carbonyl (C=O) groups excluding carboxylic acids is 4. The molecule has 2 aromatic rings. The Bertz CT molecular complexity index is 1080. The van der Waals surface area contributed by atoms with Crippen molar-refractivity contribution in [3.05, 3.63) is 69.3 Å². The zero-order chi connectivity index (χ0) is 22.5. The summed E-state index contributed by atoms with van der Waals surface area (Å²) in [6.07, 6.45) is 1.39. The van der Waals surface area contributed by atoms with E-state index >= 15 is 0 Å². The normalized spacial score (nSPS) is 14.5.